The van der Waals surface area contributed by atoms with E-state index in [1.165, 1.54) is 0 Å². The molecule has 0 aliphatic rings. The molecule has 0 saturated heterocycles. The summed E-state index contributed by atoms with van der Waals surface area (Å²) in [7, 11) is -1.78. The molecule has 1 atom stereocenters. The molecule has 1 amide bonds. The minimum absolute atomic E-state index is 0.0329. The van der Waals surface area contributed by atoms with Crippen LogP contribution in [0.3, 0.4) is 0 Å². The Morgan fingerprint density at radius 1 is 1.00 bits per heavy atom. The van der Waals surface area contributed by atoms with Gasteiger partial charge in [-0.1, -0.05) is 81.4 Å². The van der Waals surface area contributed by atoms with Crippen LogP contribution in [0, 0.1) is 11.8 Å². The zero-order valence-electron chi connectivity index (χ0n) is 22.8. The molecule has 0 heterocycles. The molecule has 2 rings (SSSR count). The number of rotatable bonds is 11. The fraction of sp³-hybridized carbons (Fsp3) is 0.448. The van der Waals surface area contributed by atoms with Crippen LogP contribution in [0.5, 0.6) is 0 Å². The van der Waals surface area contributed by atoms with Crippen LogP contribution in [0.2, 0.25) is 18.1 Å². The number of carbonyl (C=O) groups is 1. The first-order valence-corrected chi connectivity index (χ1v) is 15.5. The van der Waals surface area contributed by atoms with Gasteiger partial charge in [0, 0.05) is 19.4 Å². The predicted octanol–water partition coefficient (Wildman–Crippen LogP) is 5.62. The van der Waals surface area contributed by atoms with Crippen LogP contribution >= 0.6 is 0 Å². The van der Waals surface area contributed by atoms with Crippen molar-refractivity contribution in [3.05, 3.63) is 71.8 Å². The summed E-state index contributed by atoms with van der Waals surface area (Å²) in [5.74, 6) is 6.30. The average Bonchev–Trinajstić information content (AvgIpc) is 2.85. The van der Waals surface area contributed by atoms with Gasteiger partial charge in [0.1, 0.15) is 6.61 Å². The molecule has 37 heavy (non-hydrogen) atoms. The van der Waals surface area contributed by atoms with Crippen molar-refractivity contribution in [2.75, 3.05) is 13.2 Å². The molecule has 0 radical (unpaired) electrons. The second-order valence-corrected chi connectivity index (χ2v) is 15.1. The highest BCUT2D eigenvalue weighted by Gasteiger charge is 2.36. The maximum absolute atomic E-state index is 12.1. The van der Waals surface area contributed by atoms with Gasteiger partial charge in [-0.15, -0.1) is 11.8 Å². The number of nitrogens with one attached hydrogen (secondary N) is 1. The molecule has 0 spiro atoms. The Kier molecular flexibility index (Phi) is 12.4. The number of hydrogen-bond acceptors (Lipinski definition) is 5. The number of alkyl carbamates (subject to hydrolysis) is 1. The molecule has 200 valence electrons. The third kappa shape index (κ3) is 12.1. The number of aliphatic imine (C=N–C) groups is 1. The lowest BCUT2D eigenvalue weighted by molar-refractivity contribution is 0.109. The van der Waals surface area contributed by atoms with E-state index in [0.29, 0.717) is 32.7 Å². The molecule has 0 bridgehead atoms. The summed E-state index contributed by atoms with van der Waals surface area (Å²) in [6.07, 6.45) is 0.423. The van der Waals surface area contributed by atoms with Gasteiger partial charge in [-0.25, -0.2) is 9.79 Å². The normalized spacial score (nSPS) is 12.8. The number of carbonyl (C=O) groups excluding carboxylic acids is 1. The smallest absolute Gasteiger partial charge is 0.414 e. The molecule has 0 aromatic heterocycles. The molecule has 2 aromatic rings. The van der Waals surface area contributed by atoms with Gasteiger partial charge in [-0.3, -0.25) is 5.32 Å². The molecule has 0 aliphatic heterocycles. The van der Waals surface area contributed by atoms with Gasteiger partial charge < -0.3 is 19.6 Å². The first-order valence-electron chi connectivity index (χ1n) is 12.6. The fourth-order valence-electron chi connectivity index (χ4n) is 2.97. The highest BCUT2D eigenvalue weighted by atomic mass is 28.4. The Hall–Kier alpha value is -3.12. The topological polar surface area (TPSA) is 95.2 Å². The highest BCUT2D eigenvalue weighted by Crippen LogP contribution is 2.36. The van der Waals surface area contributed by atoms with Crippen molar-refractivity contribution >= 4 is 20.4 Å². The Labute approximate surface area is 222 Å². The molecule has 0 aliphatic carbocycles. The Bertz CT molecular complexity index is 1040. The maximum atomic E-state index is 12.1. The molecular weight excluding hydrogens is 482 g/mol. The van der Waals surface area contributed by atoms with E-state index >= 15 is 0 Å². The van der Waals surface area contributed by atoms with Crippen LogP contribution in [-0.2, 0) is 27.1 Å². The first kappa shape index (κ1) is 30.1. The van der Waals surface area contributed by atoms with Crippen molar-refractivity contribution in [3.8, 4) is 11.8 Å². The van der Waals surface area contributed by atoms with Crippen LogP contribution in [-0.4, -0.2) is 39.6 Å². The minimum atomic E-state index is -1.78. The Morgan fingerprint density at radius 3 is 2.19 bits per heavy atom. The number of ether oxygens (including phenoxy) is 2. The van der Waals surface area contributed by atoms with E-state index < -0.39 is 14.4 Å². The summed E-state index contributed by atoms with van der Waals surface area (Å²) in [5, 5.41) is 2.65. The van der Waals surface area contributed by atoms with Crippen molar-refractivity contribution in [1.29, 1.82) is 0 Å². The van der Waals surface area contributed by atoms with Gasteiger partial charge in [0.15, 0.2) is 14.3 Å². The van der Waals surface area contributed by atoms with E-state index in [4.69, 9.17) is 19.6 Å². The number of hydrogen-bond donors (Lipinski definition) is 2. The molecule has 8 heteroatoms. The SMILES string of the molecule is CC(C)(C)[Si](C)(C)OCCC#CCC(COCc1ccccc1)N=C(N)NC(=O)OCc1ccccc1. The quantitative estimate of drug-likeness (QED) is 0.131. The highest BCUT2D eigenvalue weighted by molar-refractivity contribution is 6.74. The summed E-state index contributed by atoms with van der Waals surface area (Å²) in [5.41, 5.74) is 7.93. The van der Waals surface area contributed by atoms with Crippen LogP contribution in [0.1, 0.15) is 44.7 Å². The zero-order valence-corrected chi connectivity index (χ0v) is 23.8. The van der Waals surface area contributed by atoms with E-state index in [9.17, 15) is 4.79 Å². The van der Waals surface area contributed by atoms with E-state index in [1.807, 2.05) is 60.7 Å². The first-order chi connectivity index (χ1) is 17.6. The molecule has 1 unspecified atom stereocenters. The van der Waals surface area contributed by atoms with Crippen molar-refractivity contribution in [3.63, 3.8) is 0 Å². The monoisotopic (exact) mass is 523 g/mol. The van der Waals surface area contributed by atoms with Gasteiger partial charge in [-0.05, 0) is 29.3 Å². The summed E-state index contributed by atoms with van der Waals surface area (Å²) in [4.78, 5) is 16.5. The third-order valence-corrected chi connectivity index (χ3v) is 10.7. The van der Waals surface area contributed by atoms with Gasteiger partial charge in [-0.2, -0.15) is 0 Å². The second kappa shape index (κ2) is 15.2. The standard InChI is InChI=1S/C29H41N3O4Si/c1-29(2,3)37(4,5)36-20-14-8-13-19-26(23-34-21-24-15-9-6-10-16-24)31-27(30)32-28(33)35-22-25-17-11-7-12-18-25/h6-7,9-12,15-18,26H,14,19-23H2,1-5H3,(H3,30,31,32,33). The van der Waals surface area contributed by atoms with Crippen molar-refractivity contribution in [1.82, 2.24) is 5.32 Å². The summed E-state index contributed by atoms with van der Waals surface area (Å²) in [6.45, 7) is 12.6. The van der Waals surface area contributed by atoms with Crippen LogP contribution in [0.4, 0.5) is 4.79 Å². The largest absolute Gasteiger partial charge is 0.444 e. The van der Waals surface area contributed by atoms with E-state index in [-0.39, 0.29) is 23.6 Å². The fourth-order valence-corrected chi connectivity index (χ4v) is 4.02. The van der Waals surface area contributed by atoms with E-state index in [1.54, 1.807) is 0 Å². The van der Waals surface area contributed by atoms with E-state index in [0.717, 1.165) is 11.1 Å². The average molecular weight is 524 g/mol. The van der Waals surface area contributed by atoms with Gasteiger partial charge >= 0.3 is 6.09 Å². The predicted molar refractivity (Wildman–Crippen MR) is 151 cm³/mol. The Balaban J connectivity index is 1.89. The second-order valence-electron chi connectivity index (χ2n) is 10.3. The molecular formula is C29H41N3O4Si. The van der Waals surface area contributed by atoms with Gasteiger partial charge in [0.05, 0.1) is 19.3 Å². The number of nitrogens with zero attached hydrogens (tertiary/aromatic N) is 1. The molecule has 2 aromatic carbocycles. The minimum Gasteiger partial charge on any atom is -0.444 e. The van der Waals surface area contributed by atoms with Crippen molar-refractivity contribution in [2.45, 2.75) is 71.0 Å². The summed E-state index contributed by atoms with van der Waals surface area (Å²) >= 11 is 0. The van der Waals surface area contributed by atoms with Crippen molar-refractivity contribution in [2.24, 2.45) is 10.7 Å². The van der Waals surface area contributed by atoms with Gasteiger partial charge in [0.2, 0.25) is 0 Å². The lowest BCUT2D eigenvalue weighted by atomic mass is 10.2. The molecule has 3 N–H and O–H groups in total. The Morgan fingerprint density at radius 2 is 1.59 bits per heavy atom. The third-order valence-electron chi connectivity index (χ3n) is 6.15. The zero-order chi connectivity index (χ0) is 27.2. The van der Waals surface area contributed by atoms with E-state index in [2.05, 4.69) is 56.0 Å². The summed E-state index contributed by atoms with van der Waals surface area (Å²) < 4.78 is 17.3. The van der Waals surface area contributed by atoms with Crippen LogP contribution in [0.15, 0.2) is 65.7 Å². The maximum Gasteiger partial charge on any atom is 0.414 e. The number of guanidine groups is 1. The molecule has 0 saturated carbocycles. The van der Waals surface area contributed by atoms with Crippen molar-refractivity contribution < 1.29 is 18.7 Å². The number of nitrogens with two attached hydrogens (primary N) is 1. The summed E-state index contributed by atoms with van der Waals surface area (Å²) in [6, 6.07) is 19.0. The number of amides is 1. The van der Waals surface area contributed by atoms with Crippen LogP contribution in [0.25, 0.3) is 0 Å². The lowest BCUT2D eigenvalue weighted by Crippen LogP contribution is -2.40. The molecule has 0 fully saturated rings. The molecule has 7 nitrogen and oxygen atoms in total. The lowest BCUT2D eigenvalue weighted by Gasteiger charge is -2.35. The van der Waals surface area contributed by atoms with Crippen LogP contribution < -0.4 is 11.1 Å². The number of benzene rings is 2. The van der Waals surface area contributed by atoms with Gasteiger partial charge in [0.25, 0.3) is 0 Å².